The van der Waals surface area contributed by atoms with Crippen molar-refractivity contribution < 1.29 is 4.79 Å². The van der Waals surface area contributed by atoms with E-state index in [1.165, 1.54) is 11.3 Å². The highest BCUT2D eigenvalue weighted by Crippen LogP contribution is 2.32. The maximum atomic E-state index is 12.3. The van der Waals surface area contributed by atoms with Gasteiger partial charge in [-0.1, -0.05) is 23.7 Å². The Morgan fingerprint density at radius 1 is 1.33 bits per heavy atom. The molecule has 3 aromatic rings. The average Bonchev–Trinajstić information content (AvgIpc) is 3.02. The minimum Gasteiger partial charge on any atom is -0.304 e. The lowest BCUT2D eigenvalue weighted by molar-refractivity contribution is 0.103. The fourth-order valence-corrected chi connectivity index (χ4v) is 4.32. The number of nitrogens with zero attached hydrogens (tertiary/aromatic N) is 2. The number of amides is 1. The Kier molecular flexibility index (Phi) is 5.44. The molecule has 8 heteroatoms. The van der Waals surface area contributed by atoms with E-state index < -0.39 is 0 Å². The van der Waals surface area contributed by atoms with Gasteiger partial charge in [-0.2, -0.15) is 5.10 Å². The first-order valence-corrected chi connectivity index (χ1v) is 9.75. The molecule has 0 aliphatic carbocycles. The normalized spacial score (nSPS) is 10.8. The molecule has 0 bridgehead atoms. The van der Waals surface area contributed by atoms with Crippen molar-refractivity contribution in [3.63, 3.8) is 0 Å². The summed E-state index contributed by atoms with van der Waals surface area (Å²) >= 11 is 14.2. The number of hydrogen-bond donors (Lipinski definition) is 1. The molecule has 0 saturated carbocycles. The lowest BCUT2D eigenvalue weighted by Crippen LogP contribution is -2.11. The van der Waals surface area contributed by atoms with Gasteiger partial charge in [-0.3, -0.25) is 9.48 Å². The minimum atomic E-state index is -0.182. The van der Waals surface area contributed by atoms with Crippen LogP contribution in [-0.2, 0) is 6.54 Å². The van der Waals surface area contributed by atoms with E-state index in [0.717, 1.165) is 19.5 Å². The number of aryl methyl sites for hydroxylation is 1. The van der Waals surface area contributed by atoms with Crippen LogP contribution in [0, 0.1) is 6.92 Å². The molecule has 0 saturated heterocycles. The zero-order valence-corrected chi connectivity index (χ0v) is 17.3. The summed E-state index contributed by atoms with van der Waals surface area (Å²) in [6.07, 6.45) is 0. The van der Waals surface area contributed by atoms with Gasteiger partial charge >= 0.3 is 0 Å². The number of thiophene rings is 1. The van der Waals surface area contributed by atoms with Crippen LogP contribution in [0.25, 0.3) is 0 Å². The lowest BCUT2D eigenvalue weighted by atomic mass is 10.2. The molecule has 24 heavy (non-hydrogen) atoms. The quantitative estimate of drug-likeness (QED) is 0.509. The maximum absolute atomic E-state index is 12.3. The van der Waals surface area contributed by atoms with Crippen molar-refractivity contribution in [1.29, 1.82) is 0 Å². The van der Waals surface area contributed by atoms with E-state index in [1.54, 1.807) is 6.07 Å². The minimum absolute atomic E-state index is 0.182. The highest BCUT2D eigenvalue weighted by Gasteiger charge is 2.14. The van der Waals surface area contributed by atoms with Crippen molar-refractivity contribution in [2.45, 2.75) is 13.5 Å². The molecule has 0 spiro atoms. The number of benzene rings is 1. The topological polar surface area (TPSA) is 46.9 Å². The third kappa shape index (κ3) is 4.08. The van der Waals surface area contributed by atoms with Gasteiger partial charge in [0.25, 0.3) is 5.91 Å². The van der Waals surface area contributed by atoms with Gasteiger partial charge in [0.2, 0.25) is 0 Å². The Bertz CT molecular complexity index is 887. The summed E-state index contributed by atoms with van der Waals surface area (Å²) in [6.45, 7) is 2.55. The van der Waals surface area contributed by atoms with E-state index in [4.69, 9.17) is 11.6 Å². The first kappa shape index (κ1) is 17.7. The summed E-state index contributed by atoms with van der Waals surface area (Å²) in [5.41, 5.74) is 2.01. The van der Waals surface area contributed by atoms with Crippen LogP contribution in [0.2, 0.25) is 5.02 Å². The predicted octanol–water partition coefficient (Wildman–Crippen LogP) is 5.73. The number of halogens is 3. The molecule has 0 fully saturated rings. The third-order valence-corrected chi connectivity index (χ3v) is 6.80. The number of anilines is 1. The summed E-state index contributed by atoms with van der Waals surface area (Å²) in [4.78, 5) is 12.9. The number of nitrogens with one attached hydrogen (secondary N) is 1. The van der Waals surface area contributed by atoms with Gasteiger partial charge < -0.3 is 5.32 Å². The van der Waals surface area contributed by atoms with E-state index in [-0.39, 0.29) is 5.91 Å². The number of hydrogen-bond acceptors (Lipinski definition) is 3. The SMILES string of the molecule is Cc1cc(NC(=O)c2cc(Br)c(Br)s2)nn1Cc1cccc(Cl)c1. The second kappa shape index (κ2) is 7.39. The van der Waals surface area contributed by atoms with Gasteiger partial charge in [0.15, 0.2) is 5.82 Å². The van der Waals surface area contributed by atoms with Crippen molar-refractivity contribution in [2.24, 2.45) is 0 Å². The Labute approximate surface area is 165 Å². The molecule has 3 rings (SSSR count). The van der Waals surface area contributed by atoms with Crippen LogP contribution in [0.4, 0.5) is 5.82 Å². The fraction of sp³-hybridized carbons (Fsp3) is 0.125. The molecule has 2 heterocycles. The van der Waals surface area contributed by atoms with Gasteiger partial charge in [0, 0.05) is 21.3 Å². The molecule has 0 aliphatic rings. The number of rotatable bonds is 4. The molecule has 1 aromatic carbocycles. The van der Waals surface area contributed by atoms with E-state index in [1.807, 2.05) is 41.9 Å². The Balaban J connectivity index is 1.75. The molecule has 4 nitrogen and oxygen atoms in total. The smallest absolute Gasteiger partial charge is 0.267 e. The fourth-order valence-electron chi connectivity index (χ4n) is 2.18. The van der Waals surface area contributed by atoms with Crippen LogP contribution in [0.1, 0.15) is 20.9 Å². The van der Waals surface area contributed by atoms with Crippen LogP contribution in [0.3, 0.4) is 0 Å². The zero-order valence-electron chi connectivity index (χ0n) is 12.5. The highest BCUT2D eigenvalue weighted by molar-refractivity contribution is 9.13. The Morgan fingerprint density at radius 2 is 2.12 bits per heavy atom. The van der Waals surface area contributed by atoms with Gasteiger partial charge in [-0.15, -0.1) is 11.3 Å². The zero-order chi connectivity index (χ0) is 17.3. The Morgan fingerprint density at radius 3 is 2.79 bits per heavy atom. The first-order chi connectivity index (χ1) is 11.4. The van der Waals surface area contributed by atoms with E-state index >= 15 is 0 Å². The molecule has 1 amide bonds. The predicted molar refractivity (Wildman–Crippen MR) is 105 cm³/mol. The molecule has 0 aliphatic heterocycles. The number of carbonyl (C=O) groups is 1. The van der Waals surface area contributed by atoms with E-state index in [2.05, 4.69) is 42.3 Å². The molecule has 0 unspecified atom stereocenters. The van der Waals surface area contributed by atoms with Crippen molar-refractivity contribution >= 4 is 66.5 Å². The van der Waals surface area contributed by atoms with Crippen LogP contribution >= 0.6 is 54.8 Å². The van der Waals surface area contributed by atoms with Crippen molar-refractivity contribution in [3.05, 3.63) is 65.8 Å². The van der Waals surface area contributed by atoms with Gasteiger partial charge in [0.1, 0.15) is 0 Å². The van der Waals surface area contributed by atoms with Crippen LogP contribution in [0.15, 0.2) is 44.7 Å². The number of carbonyl (C=O) groups excluding carboxylic acids is 1. The second-order valence-electron chi connectivity index (χ2n) is 5.14. The average molecular weight is 490 g/mol. The van der Waals surface area contributed by atoms with E-state index in [9.17, 15) is 4.79 Å². The maximum Gasteiger partial charge on any atom is 0.267 e. The van der Waals surface area contributed by atoms with Crippen molar-refractivity contribution in [3.8, 4) is 0 Å². The molecule has 2 aromatic heterocycles. The van der Waals surface area contributed by atoms with Gasteiger partial charge in [-0.25, -0.2) is 0 Å². The summed E-state index contributed by atoms with van der Waals surface area (Å²) in [6, 6.07) is 11.3. The largest absolute Gasteiger partial charge is 0.304 e. The summed E-state index contributed by atoms with van der Waals surface area (Å²) < 4.78 is 3.58. The van der Waals surface area contributed by atoms with Gasteiger partial charge in [0.05, 0.1) is 15.2 Å². The number of aromatic nitrogens is 2. The molecule has 124 valence electrons. The van der Waals surface area contributed by atoms with E-state index in [0.29, 0.717) is 22.3 Å². The summed E-state index contributed by atoms with van der Waals surface area (Å²) in [7, 11) is 0. The summed E-state index contributed by atoms with van der Waals surface area (Å²) in [5, 5.41) is 7.98. The van der Waals surface area contributed by atoms with Crippen LogP contribution in [-0.4, -0.2) is 15.7 Å². The molecule has 0 atom stereocenters. The van der Waals surface area contributed by atoms with Gasteiger partial charge in [-0.05, 0) is 62.5 Å². The first-order valence-electron chi connectivity index (χ1n) is 6.97. The lowest BCUT2D eigenvalue weighted by Gasteiger charge is -2.05. The molecular weight excluding hydrogens is 478 g/mol. The van der Waals surface area contributed by atoms with Crippen LogP contribution < -0.4 is 5.32 Å². The third-order valence-electron chi connectivity index (χ3n) is 3.31. The standard InChI is InChI=1S/C16H12Br2ClN3OS/c1-9-5-14(20-16(23)13-7-12(17)15(18)24-13)21-22(9)8-10-3-2-4-11(19)6-10/h2-7H,8H2,1H3,(H,20,21,23). The monoisotopic (exact) mass is 487 g/mol. The van der Waals surface area contributed by atoms with Crippen molar-refractivity contribution in [2.75, 3.05) is 5.32 Å². The molecule has 1 N–H and O–H groups in total. The molecule has 0 radical (unpaired) electrons. The van der Waals surface area contributed by atoms with Crippen molar-refractivity contribution in [1.82, 2.24) is 9.78 Å². The second-order valence-corrected chi connectivity index (χ2v) is 8.81. The summed E-state index contributed by atoms with van der Waals surface area (Å²) in [5.74, 6) is 0.346. The molecular formula is C16H12Br2ClN3OS. The Hall–Kier alpha value is -1.15. The van der Waals surface area contributed by atoms with Crippen LogP contribution in [0.5, 0.6) is 0 Å². The highest BCUT2D eigenvalue weighted by atomic mass is 79.9.